The fourth-order valence-corrected chi connectivity index (χ4v) is 3.66. The fourth-order valence-electron chi connectivity index (χ4n) is 2.81. The molecule has 3 aromatic rings. The van der Waals surface area contributed by atoms with Crippen molar-refractivity contribution in [3.05, 3.63) is 58.9 Å². The molecule has 1 amide bonds. The van der Waals surface area contributed by atoms with Crippen LogP contribution in [-0.4, -0.2) is 17.4 Å². The minimum atomic E-state index is -0.0975. The van der Waals surface area contributed by atoms with E-state index in [1.54, 1.807) is 16.2 Å². The van der Waals surface area contributed by atoms with Gasteiger partial charge in [-0.15, -0.1) is 11.3 Å². The summed E-state index contributed by atoms with van der Waals surface area (Å²) < 4.78 is 5.48. The average molecular weight is 310 g/mol. The number of thiophene rings is 1. The molecule has 0 unspecified atom stereocenters. The minimum Gasteiger partial charge on any atom is -0.442 e. The number of oxazole rings is 1. The van der Waals surface area contributed by atoms with E-state index in [-0.39, 0.29) is 5.91 Å². The summed E-state index contributed by atoms with van der Waals surface area (Å²) in [6, 6.07) is 12.0. The van der Waals surface area contributed by atoms with E-state index in [2.05, 4.69) is 11.1 Å². The van der Waals surface area contributed by atoms with Gasteiger partial charge >= 0.3 is 0 Å². The Kier molecular flexibility index (Phi) is 3.08. The Bertz CT molecular complexity index is 850. The van der Waals surface area contributed by atoms with Gasteiger partial charge in [0, 0.05) is 17.1 Å². The van der Waals surface area contributed by atoms with Gasteiger partial charge in [-0.1, -0.05) is 18.2 Å². The molecule has 1 aliphatic rings. The zero-order chi connectivity index (χ0) is 15.1. The molecule has 0 radical (unpaired) electrons. The molecular formula is C17H14N2O2S. The second kappa shape index (κ2) is 5.10. The lowest BCUT2D eigenvalue weighted by Gasteiger charge is -2.16. The molecule has 22 heavy (non-hydrogen) atoms. The highest BCUT2D eigenvalue weighted by Crippen LogP contribution is 2.33. The summed E-state index contributed by atoms with van der Waals surface area (Å²) >= 11 is 1.60. The lowest BCUT2D eigenvalue weighted by Crippen LogP contribution is -2.29. The van der Waals surface area contributed by atoms with Crippen molar-refractivity contribution >= 4 is 22.9 Å². The van der Waals surface area contributed by atoms with Gasteiger partial charge in [0.25, 0.3) is 5.91 Å². The van der Waals surface area contributed by atoms with Crippen molar-refractivity contribution in [3.8, 4) is 10.6 Å². The molecule has 0 saturated carbocycles. The smallest absolute Gasteiger partial charge is 0.280 e. The van der Waals surface area contributed by atoms with E-state index in [0.717, 1.165) is 17.0 Å². The fraction of sp³-hybridized carbons (Fsp3) is 0.176. The summed E-state index contributed by atoms with van der Waals surface area (Å²) in [4.78, 5) is 20.9. The molecule has 1 aliphatic heterocycles. The van der Waals surface area contributed by atoms with Crippen LogP contribution in [0.2, 0.25) is 0 Å². The quantitative estimate of drug-likeness (QED) is 0.721. The molecule has 0 spiro atoms. The molecule has 0 bridgehead atoms. The van der Waals surface area contributed by atoms with E-state index in [4.69, 9.17) is 4.42 Å². The van der Waals surface area contributed by atoms with Crippen molar-refractivity contribution in [1.29, 1.82) is 0 Å². The Morgan fingerprint density at radius 2 is 2.14 bits per heavy atom. The maximum atomic E-state index is 12.9. The van der Waals surface area contributed by atoms with Gasteiger partial charge < -0.3 is 9.32 Å². The van der Waals surface area contributed by atoms with Crippen molar-refractivity contribution in [2.24, 2.45) is 0 Å². The highest BCUT2D eigenvalue weighted by Gasteiger charge is 2.29. The molecule has 3 heterocycles. The van der Waals surface area contributed by atoms with Gasteiger partial charge in [0.15, 0.2) is 17.8 Å². The zero-order valence-electron chi connectivity index (χ0n) is 12.1. The van der Waals surface area contributed by atoms with Crippen molar-refractivity contribution in [1.82, 2.24) is 4.98 Å². The van der Waals surface area contributed by atoms with Gasteiger partial charge in [-0.3, -0.25) is 4.79 Å². The lowest BCUT2D eigenvalue weighted by atomic mass is 10.2. The van der Waals surface area contributed by atoms with Crippen LogP contribution in [0.25, 0.3) is 10.6 Å². The number of carbonyl (C=O) groups is 1. The number of carbonyl (C=O) groups excluding carboxylic acids is 1. The number of hydrogen-bond acceptors (Lipinski definition) is 4. The molecule has 4 nitrogen and oxygen atoms in total. The van der Waals surface area contributed by atoms with E-state index in [9.17, 15) is 4.79 Å². The van der Waals surface area contributed by atoms with Crippen LogP contribution in [0.15, 0.2) is 47.2 Å². The van der Waals surface area contributed by atoms with Gasteiger partial charge in [-0.05, 0) is 37.1 Å². The maximum absolute atomic E-state index is 12.9. The van der Waals surface area contributed by atoms with Crippen molar-refractivity contribution in [2.75, 3.05) is 11.4 Å². The summed E-state index contributed by atoms with van der Waals surface area (Å²) in [6.45, 7) is 2.72. The Labute approximate surface area is 132 Å². The molecule has 4 rings (SSSR count). The topological polar surface area (TPSA) is 46.3 Å². The first-order chi connectivity index (χ1) is 10.7. The molecule has 0 N–H and O–H groups in total. The number of para-hydroxylation sites is 1. The molecule has 0 saturated heterocycles. The summed E-state index contributed by atoms with van der Waals surface area (Å²) in [7, 11) is 0. The van der Waals surface area contributed by atoms with Gasteiger partial charge in [0.05, 0.1) is 4.88 Å². The van der Waals surface area contributed by atoms with Crippen molar-refractivity contribution < 1.29 is 9.21 Å². The molecular weight excluding hydrogens is 296 g/mol. The van der Waals surface area contributed by atoms with E-state index in [1.165, 1.54) is 16.8 Å². The Hall–Kier alpha value is -2.40. The van der Waals surface area contributed by atoms with Crippen LogP contribution in [0.4, 0.5) is 5.69 Å². The molecule has 0 atom stereocenters. The number of fused-ring (bicyclic) bond motifs is 1. The largest absolute Gasteiger partial charge is 0.442 e. The van der Waals surface area contributed by atoms with Crippen LogP contribution in [0.3, 0.4) is 0 Å². The predicted molar refractivity (Wildman–Crippen MR) is 86.4 cm³/mol. The van der Waals surface area contributed by atoms with Crippen molar-refractivity contribution in [3.63, 3.8) is 0 Å². The number of anilines is 1. The van der Waals surface area contributed by atoms with Crippen LogP contribution in [0.5, 0.6) is 0 Å². The van der Waals surface area contributed by atoms with Crippen LogP contribution < -0.4 is 4.90 Å². The maximum Gasteiger partial charge on any atom is 0.280 e. The predicted octanol–water partition coefficient (Wildman–Crippen LogP) is 3.91. The van der Waals surface area contributed by atoms with Gasteiger partial charge in [0.2, 0.25) is 0 Å². The summed E-state index contributed by atoms with van der Waals surface area (Å²) in [5.41, 5.74) is 2.57. The highest BCUT2D eigenvalue weighted by atomic mass is 32.1. The third kappa shape index (κ3) is 2.05. The number of amides is 1. The third-order valence-corrected chi connectivity index (χ3v) is 4.87. The highest BCUT2D eigenvalue weighted by molar-refractivity contribution is 7.15. The molecule has 5 heteroatoms. The second-order valence-corrected chi connectivity index (χ2v) is 6.56. The Balaban J connectivity index is 1.72. The summed E-state index contributed by atoms with van der Waals surface area (Å²) in [5.74, 6) is 0.465. The van der Waals surface area contributed by atoms with Crippen molar-refractivity contribution in [2.45, 2.75) is 13.3 Å². The van der Waals surface area contributed by atoms with Crippen LogP contribution in [-0.2, 0) is 6.42 Å². The minimum absolute atomic E-state index is 0.0975. The first kappa shape index (κ1) is 13.3. The molecule has 1 aromatic carbocycles. The number of benzene rings is 1. The van der Waals surface area contributed by atoms with Crippen LogP contribution >= 0.6 is 11.3 Å². The average Bonchev–Trinajstić information content (AvgIpc) is 3.25. The molecule has 0 aliphatic carbocycles. The van der Waals surface area contributed by atoms with Gasteiger partial charge in [-0.25, -0.2) is 4.98 Å². The number of aryl methyl sites for hydroxylation is 1. The van der Waals surface area contributed by atoms with Crippen LogP contribution in [0.1, 0.15) is 20.9 Å². The standard InChI is InChI=1S/C17H14N2O2S/c1-11-6-7-14(22-11)16-15(18-10-21-16)17(20)19-9-8-12-4-2-3-5-13(12)19/h2-7,10H,8-9H2,1H3. The number of aromatic nitrogens is 1. The number of hydrogen-bond donors (Lipinski definition) is 0. The first-order valence-electron chi connectivity index (χ1n) is 7.14. The zero-order valence-corrected chi connectivity index (χ0v) is 12.9. The number of nitrogens with zero attached hydrogens (tertiary/aromatic N) is 2. The molecule has 0 fully saturated rings. The molecule has 110 valence electrons. The van der Waals surface area contributed by atoms with Crippen LogP contribution in [0, 0.1) is 6.92 Å². The summed E-state index contributed by atoms with van der Waals surface area (Å²) in [6.07, 6.45) is 2.23. The van der Waals surface area contributed by atoms with Gasteiger partial charge in [0.1, 0.15) is 0 Å². The van der Waals surface area contributed by atoms with E-state index in [0.29, 0.717) is 18.0 Å². The summed E-state index contributed by atoms with van der Waals surface area (Å²) in [5, 5.41) is 0. The molecule has 2 aromatic heterocycles. The Morgan fingerprint density at radius 1 is 1.27 bits per heavy atom. The normalized spacial score (nSPS) is 13.4. The lowest BCUT2D eigenvalue weighted by molar-refractivity contribution is 0.0985. The van der Waals surface area contributed by atoms with E-state index < -0.39 is 0 Å². The van der Waals surface area contributed by atoms with E-state index in [1.807, 2.05) is 37.3 Å². The Morgan fingerprint density at radius 3 is 2.95 bits per heavy atom. The SMILES string of the molecule is Cc1ccc(-c2ocnc2C(=O)N2CCc3ccccc32)s1. The third-order valence-electron chi connectivity index (χ3n) is 3.87. The second-order valence-electron chi connectivity index (χ2n) is 5.28. The monoisotopic (exact) mass is 310 g/mol. The first-order valence-corrected chi connectivity index (χ1v) is 7.96. The van der Waals surface area contributed by atoms with Gasteiger partial charge in [-0.2, -0.15) is 0 Å². The number of rotatable bonds is 2. The van der Waals surface area contributed by atoms with E-state index >= 15 is 0 Å².